The van der Waals surface area contributed by atoms with Crippen molar-refractivity contribution in [1.82, 2.24) is 10.6 Å². The van der Waals surface area contributed by atoms with E-state index in [2.05, 4.69) is 10.6 Å². The molecule has 5 aliphatic rings. The zero-order valence-electron chi connectivity index (χ0n) is 21.2. The molecule has 1 aliphatic heterocycles. The Kier molecular flexibility index (Phi) is 7.25. The van der Waals surface area contributed by atoms with Gasteiger partial charge in [0, 0.05) is 23.2 Å². The molecule has 7 rings (SSSR count). The number of amides is 3. The van der Waals surface area contributed by atoms with Gasteiger partial charge in [-0.2, -0.15) is 0 Å². The van der Waals surface area contributed by atoms with Crippen LogP contribution >= 0.6 is 23.2 Å². The van der Waals surface area contributed by atoms with Gasteiger partial charge in [0.25, 0.3) is 11.8 Å². The van der Waals surface area contributed by atoms with Crippen LogP contribution in [-0.2, 0) is 14.4 Å². The number of ether oxygens (including phenoxy) is 2. The quantitative estimate of drug-likeness (QED) is 0.504. The summed E-state index contributed by atoms with van der Waals surface area (Å²) in [6, 6.07) is 8.40. The first-order valence-corrected chi connectivity index (χ1v) is 14.0. The highest BCUT2D eigenvalue weighted by atomic mass is 35.5. The van der Waals surface area contributed by atoms with Gasteiger partial charge in [-0.15, -0.1) is 0 Å². The molecule has 3 unspecified atom stereocenters. The molecule has 12 heteroatoms. The van der Waals surface area contributed by atoms with E-state index >= 15 is 0 Å². The molecule has 2 N–H and O–H groups in total. The molecular weight excluding hydrogens is 567 g/mol. The van der Waals surface area contributed by atoms with Crippen LogP contribution in [0.15, 0.2) is 36.4 Å². The molecule has 40 heavy (non-hydrogen) atoms. The molecule has 4 fully saturated rings. The number of alkyl halides is 1. The Balaban J connectivity index is 1.06. The summed E-state index contributed by atoms with van der Waals surface area (Å²) in [7, 11) is 0. The number of nitrogens with one attached hydrogen (secondary N) is 2. The van der Waals surface area contributed by atoms with E-state index in [0.29, 0.717) is 28.8 Å². The van der Waals surface area contributed by atoms with Gasteiger partial charge in [0.05, 0.1) is 23.2 Å². The van der Waals surface area contributed by atoms with Crippen LogP contribution in [0.2, 0.25) is 10.0 Å². The van der Waals surface area contributed by atoms with Crippen molar-refractivity contribution in [3.8, 4) is 11.5 Å². The summed E-state index contributed by atoms with van der Waals surface area (Å²) in [6.45, 7) is -0.335. The van der Waals surface area contributed by atoms with Gasteiger partial charge in [0.2, 0.25) is 5.91 Å². The molecule has 8 nitrogen and oxygen atoms in total. The lowest BCUT2D eigenvalue weighted by Crippen LogP contribution is -2.62. The fourth-order valence-electron chi connectivity index (χ4n) is 5.84. The van der Waals surface area contributed by atoms with Gasteiger partial charge in [0.1, 0.15) is 23.5 Å². The highest BCUT2D eigenvalue weighted by Gasteiger charge is 2.50. The zero-order valence-corrected chi connectivity index (χ0v) is 22.8. The number of anilines is 1. The second-order valence-electron chi connectivity index (χ2n) is 10.9. The second kappa shape index (κ2) is 10.7. The number of carbonyl (C=O) groups excluding carboxylic acids is 3. The Morgan fingerprint density at radius 1 is 1.00 bits per heavy atom. The minimum absolute atomic E-state index is 0.0329. The molecule has 2 aromatic carbocycles. The Morgan fingerprint density at radius 2 is 1.73 bits per heavy atom. The van der Waals surface area contributed by atoms with Gasteiger partial charge in [-0.3, -0.25) is 14.4 Å². The number of rotatable bonds is 7. The molecule has 2 aromatic rings. The molecule has 1 heterocycles. The van der Waals surface area contributed by atoms with Gasteiger partial charge in [-0.25, -0.2) is 8.78 Å². The van der Waals surface area contributed by atoms with E-state index < -0.39 is 24.0 Å². The predicted octanol–water partition coefficient (Wildman–Crippen LogP) is 4.06. The van der Waals surface area contributed by atoms with E-state index in [1.54, 1.807) is 18.2 Å². The molecule has 3 amide bonds. The number of fused-ring (bicyclic) bond motifs is 3. The smallest absolute Gasteiger partial charge is 0.263 e. The normalized spacial score (nSPS) is 29.8. The van der Waals surface area contributed by atoms with Crippen LogP contribution < -0.4 is 25.0 Å². The highest BCUT2D eigenvalue weighted by molar-refractivity contribution is 6.31. The third-order valence-electron chi connectivity index (χ3n) is 8.21. The first-order valence-electron chi connectivity index (χ1n) is 13.3. The number of carbonyl (C=O) groups is 3. The molecule has 212 valence electrons. The van der Waals surface area contributed by atoms with Crippen LogP contribution in [0.1, 0.15) is 25.7 Å². The molecular formula is C28H27Cl2F2N3O5. The summed E-state index contributed by atoms with van der Waals surface area (Å²) < 4.78 is 38.7. The number of hydrogen-bond acceptors (Lipinski definition) is 5. The molecule has 5 atom stereocenters. The van der Waals surface area contributed by atoms with Gasteiger partial charge in [0.15, 0.2) is 12.7 Å². The van der Waals surface area contributed by atoms with Gasteiger partial charge >= 0.3 is 0 Å². The monoisotopic (exact) mass is 593 g/mol. The Bertz CT molecular complexity index is 1360. The van der Waals surface area contributed by atoms with Crippen LogP contribution in [0.4, 0.5) is 14.5 Å². The third-order valence-corrected chi connectivity index (χ3v) is 8.75. The summed E-state index contributed by atoms with van der Waals surface area (Å²) in [6.07, 6.45) is 0.266. The lowest BCUT2D eigenvalue weighted by Gasteiger charge is -2.51. The summed E-state index contributed by atoms with van der Waals surface area (Å²) in [5, 5.41) is 6.41. The number of benzene rings is 2. The summed E-state index contributed by atoms with van der Waals surface area (Å²) in [5.74, 6) is -1.35. The fourth-order valence-corrected chi connectivity index (χ4v) is 6.12. The first-order chi connectivity index (χ1) is 19.2. The predicted molar refractivity (Wildman–Crippen MR) is 143 cm³/mol. The van der Waals surface area contributed by atoms with Crippen LogP contribution in [0.3, 0.4) is 0 Å². The number of nitrogens with zero attached hydrogens (tertiary/aromatic N) is 1. The second-order valence-corrected chi connectivity index (χ2v) is 11.8. The average molecular weight is 594 g/mol. The maximum absolute atomic E-state index is 13.7. The van der Waals surface area contributed by atoms with E-state index in [0.717, 1.165) is 18.9 Å². The minimum atomic E-state index is -1.18. The molecule has 0 saturated heterocycles. The van der Waals surface area contributed by atoms with Crippen LogP contribution in [0.25, 0.3) is 0 Å². The molecule has 0 radical (unpaired) electrons. The van der Waals surface area contributed by atoms with E-state index in [1.165, 1.54) is 17.0 Å². The summed E-state index contributed by atoms with van der Waals surface area (Å²) >= 11 is 11.8. The molecule has 2 bridgehead atoms. The molecule has 4 aliphatic carbocycles. The Hall–Kier alpha value is -3.11. The van der Waals surface area contributed by atoms with E-state index in [9.17, 15) is 23.2 Å². The first kappa shape index (κ1) is 27.1. The van der Waals surface area contributed by atoms with Crippen LogP contribution in [0.5, 0.6) is 11.5 Å². The van der Waals surface area contributed by atoms with Crippen molar-refractivity contribution in [3.05, 3.63) is 52.3 Å². The van der Waals surface area contributed by atoms with Crippen LogP contribution in [-0.4, -0.2) is 55.2 Å². The van der Waals surface area contributed by atoms with Crippen molar-refractivity contribution in [2.24, 2.45) is 17.8 Å². The standard InChI is InChI=1S/C28H27Cl2F2N3O5/c29-15-1-4-24-23(7-15)35(28(38)17-9-19(17)31)11-25(40-24)27(37)34-22-10-21(13-5-14(22)6-13)33-26(36)12-39-16-2-3-18(30)20(32)8-16/h1-4,7-8,13-14,17,19,21-22,25H,5-6,9-12H2,(H,33,36)(H,34,37)/t13?,14?,17-,19+,21?,22?,25?/m1/s1. The summed E-state index contributed by atoms with van der Waals surface area (Å²) in [5.41, 5.74) is 0.423. The SMILES string of the molecule is O=C(COc1ccc(Cl)c(F)c1)NC1CC(NC(=O)C2CN(C(=O)[C@@H]3C[C@@H]3F)c3cc(Cl)ccc3O2)C2CC1C2. The summed E-state index contributed by atoms with van der Waals surface area (Å²) in [4.78, 5) is 40.3. The molecule has 0 aromatic heterocycles. The van der Waals surface area contributed by atoms with Crippen molar-refractivity contribution in [3.63, 3.8) is 0 Å². The van der Waals surface area contributed by atoms with Crippen molar-refractivity contribution >= 4 is 46.6 Å². The Labute approximate surface area is 239 Å². The van der Waals surface area contributed by atoms with Crippen molar-refractivity contribution in [2.75, 3.05) is 18.1 Å². The maximum atomic E-state index is 13.7. The largest absolute Gasteiger partial charge is 0.484 e. The maximum Gasteiger partial charge on any atom is 0.263 e. The third kappa shape index (κ3) is 5.43. The van der Waals surface area contributed by atoms with Crippen molar-refractivity contribution in [2.45, 2.75) is 50.0 Å². The fraction of sp³-hybridized carbons (Fsp3) is 0.464. The average Bonchev–Trinajstić information content (AvgIpc) is 3.64. The van der Waals surface area contributed by atoms with E-state index in [1.807, 2.05) is 0 Å². The highest BCUT2D eigenvalue weighted by Crippen LogP contribution is 2.46. The van der Waals surface area contributed by atoms with Crippen molar-refractivity contribution in [1.29, 1.82) is 0 Å². The van der Waals surface area contributed by atoms with E-state index in [-0.39, 0.29) is 66.1 Å². The van der Waals surface area contributed by atoms with Gasteiger partial charge in [-0.05, 0) is 67.9 Å². The van der Waals surface area contributed by atoms with Gasteiger partial charge < -0.3 is 25.0 Å². The number of halogens is 4. The van der Waals surface area contributed by atoms with Crippen LogP contribution in [0, 0.1) is 23.6 Å². The topological polar surface area (TPSA) is 97.0 Å². The molecule has 0 spiro atoms. The number of hydrogen-bond donors (Lipinski definition) is 2. The lowest BCUT2D eigenvalue weighted by molar-refractivity contribution is -0.131. The van der Waals surface area contributed by atoms with Gasteiger partial charge in [-0.1, -0.05) is 23.2 Å². The lowest BCUT2D eigenvalue weighted by atomic mass is 9.60. The van der Waals surface area contributed by atoms with E-state index in [4.69, 9.17) is 32.7 Å². The minimum Gasteiger partial charge on any atom is -0.484 e. The zero-order chi connectivity index (χ0) is 28.1. The molecule has 4 saturated carbocycles. The Morgan fingerprint density at radius 3 is 2.42 bits per heavy atom. The van der Waals surface area contributed by atoms with Crippen molar-refractivity contribution < 1.29 is 32.6 Å².